The van der Waals surface area contributed by atoms with Crippen LogP contribution >= 0.6 is 11.6 Å². The molecule has 1 amide bonds. The molecule has 6 nitrogen and oxygen atoms in total. The summed E-state index contributed by atoms with van der Waals surface area (Å²) in [6.07, 6.45) is 0. The second-order valence-electron chi connectivity index (χ2n) is 7.69. The number of nitrogens with zero attached hydrogens (tertiary/aromatic N) is 1. The van der Waals surface area contributed by atoms with Crippen LogP contribution in [0.25, 0.3) is 5.76 Å². The first kappa shape index (κ1) is 23.3. The molecule has 4 rings (SSSR count). The van der Waals surface area contributed by atoms with Gasteiger partial charge in [0.2, 0.25) is 0 Å². The lowest BCUT2D eigenvalue weighted by atomic mass is 9.92. The molecule has 3 aromatic rings. The molecule has 0 aromatic heterocycles. The third-order valence-electron chi connectivity index (χ3n) is 5.76. The Morgan fingerprint density at radius 2 is 1.65 bits per heavy atom. The third-order valence-corrected chi connectivity index (χ3v) is 6.06. The highest BCUT2D eigenvalue weighted by molar-refractivity contribution is 6.51. The predicted molar refractivity (Wildman–Crippen MR) is 127 cm³/mol. The van der Waals surface area contributed by atoms with E-state index >= 15 is 0 Å². The fourth-order valence-electron chi connectivity index (χ4n) is 4.08. The Morgan fingerprint density at radius 3 is 2.26 bits per heavy atom. The molecule has 1 aliphatic rings. The number of ether oxygens (including phenoxy) is 2. The number of aryl methyl sites for hydroxylation is 1. The lowest BCUT2D eigenvalue weighted by Crippen LogP contribution is -2.29. The van der Waals surface area contributed by atoms with Crippen LogP contribution in [0.1, 0.15) is 22.7 Å². The maximum absolute atomic E-state index is 13.6. The Bertz CT molecular complexity index is 1320. The molecule has 1 aliphatic heterocycles. The van der Waals surface area contributed by atoms with Crippen molar-refractivity contribution in [3.05, 3.63) is 93.8 Å². The van der Waals surface area contributed by atoms with E-state index in [4.69, 9.17) is 21.1 Å². The van der Waals surface area contributed by atoms with Crippen LogP contribution in [0.3, 0.4) is 0 Å². The maximum atomic E-state index is 13.6. The standard InChI is InChI=1S/C26H21ClFNO5/c1-14-6-4-5-7-17(14)23-22(24(30)18-12-21(34-3)19(27)13-20(18)33-2)25(31)26(32)29(23)16-10-8-15(28)9-11-16/h4-13,23,30H,1-3H3/b24-22+. The highest BCUT2D eigenvalue weighted by Gasteiger charge is 2.47. The molecule has 1 unspecified atom stereocenters. The van der Waals surface area contributed by atoms with Crippen molar-refractivity contribution in [3.63, 3.8) is 0 Å². The number of carbonyl (C=O) groups excluding carboxylic acids is 2. The van der Waals surface area contributed by atoms with Gasteiger partial charge >= 0.3 is 0 Å². The molecule has 1 N–H and O–H groups in total. The van der Waals surface area contributed by atoms with Crippen molar-refractivity contribution in [2.45, 2.75) is 13.0 Å². The van der Waals surface area contributed by atoms with E-state index in [1.54, 1.807) is 12.1 Å². The summed E-state index contributed by atoms with van der Waals surface area (Å²) in [5.41, 5.74) is 1.75. The second kappa shape index (κ2) is 9.19. The predicted octanol–water partition coefficient (Wildman–Crippen LogP) is 5.43. The smallest absolute Gasteiger partial charge is 0.300 e. The van der Waals surface area contributed by atoms with Gasteiger partial charge in [0.1, 0.15) is 23.1 Å². The number of benzene rings is 3. The molecule has 34 heavy (non-hydrogen) atoms. The van der Waals surface area contributed by atoms with E-state index in [1.165, 1.54) is 55.5 Å². The Balaban J connectivity index is 2.01. The summed E-state index contributed by atoms with van der Waals surface area (Å²) >= 11 is 6.20. The number of aliphatic hydroxyl groups excluding tert-OH is 1. The first-order chi connectivity index (χ1) is 16.3. The Hall–Kier alpha value is -3.84. The third kappa shape index (κ3) is 3.88. The number of carbonyl (C=O) groups is 2. The van der Waals surface area contributed by atoms with E-state index in [1.807, 2.05) is 19.1 Å². The minimum atomic E-state index is -0.960. The quantitative estimate of drug-likeness (QED) is 0.299. The number of ketones is 1. The average molecular weight is 482 g/mol. The van der Waals surface area contributed by atoms with Crippen LogP contribution in [0, 0.1) is 12.7 Å². The van der Waals surface area contributed by atoms with Gasteiger partial charge in [-0.3, -0.25) is 14.5 Å². The van der Waals surface area contributed by atoms with Gasteiger partial charge in [-0.2, -0.15) is 0 Å². The number of anilines is 1. The van der Waals surface area contributed by atoms with Crippen molar-refractivity contribution in [2.24, 2.45) is 0 Å². The zero-order valence-electron chi connectivity index (χ0n) is 18.6. The van der Waals surface area contributed by atoms with Gasteiger partial charge in [0.15, 0.2) is 0 Å². The number of Topliss-reactive ketones (excluding diaryl/α,β-unsaturated/α-hetero) is 1. The largest absolute Gasteiger partial charge is 0.507 e. The van der Waals surface area contributed by atoms with E-state index < -0.39 is 29.3 Å². The van der Waals surface area contributed by atoms with Crippen molar-refractivity contribution >= 4 is 34.7 Å². The molecule has 0 radical (unpaired) electrons. The summed E-state index contributed by atoms with van der Waals surface area (Å²) in [6.45, 7) is 1.84. The lowest BCUT2D eigenvalue weighted by molar-refractivity contribution is -0.132. The van der Waals surface area contributed by atoms with Gasteiger partial charge in [-0.1, -0.05) is 35.9 Å². The Kier molecular flexibility index (Phi) is 6.30. The molecule has 1 atom stereocenters. The van der Waals surface area contributed by atoms with Crippen LogP contribution in [-0.4, -0.2) is 31.0 Å². The normalized spacial score (nSPS) is 17.2. The van der Waals surface area contributed by atoms with Crippen LogP contribution < -0.4 is 14.4 Å². The molecule has 0 aliphatic carbocycles. The first-order valence-electron chi connectivity index (χ1n) is 10.3. The van der Waals surface area contributed by atoms with Gasteiger partial charge in [-0.15, -0.1) is 0 Å². The average Bonchev–Trinajstić information content (AvgIpc) is 3.09. The zero-order valence-corrected chi connectivity index (χ0v) is 19.4. The second-order valence-corrected chi connectivity index (χ2v) is 8.10. The van der Waals surface area contributed by atoms with E-state index in [2.05, 4.69) is 0 Å². The Labute approximate surface area is 200 Å². The number of rotatable bonds is 5. The van der Waals surface area contributed by atoms with Crippen LogP contribution in [-0.2, 0) is 9.59 Å². The summed E-state index contributed by atoms with van der Waals surface area (Å²) in [6, 6.07) is 14.4. The summed E-state index contributed by atoms with van der Waals surface area (Å²) in [5.74, 6) is -2.20. The van der Waals surface area contributed by atoms with Gasteiger partial charge in [0.25, 0.3) is 11.7 Å². The molecule has 1 fully saturated rings. The van der Waals surface area contributed by atoms with Gasteiger partial charge in [-0.25, -0.2) is 4.39 Å². The fraction of sp³-hybridized carbons (Fsp3) is 0.154. The summed E-state index contributed by atoms with van der Waals surface area (Å²) in [5, 5.41) is 11.7. The zero-order chi connectivity index (χ0) is 24.6. The van der Waals surface area contributed by atoms with E-state index in [0.717, 1.165) is 5.56 Å². The SMILES string of the molecule is COc1cc(/C(O)=C2\C(=O)C(=O)N(c3ccc(F)cc3)C2c2ccccc2C)c(OC)cc1Cl. The van der Waals surface area contributed by atoms with E-state index in [-0.39, 0.29) is 27.7 Å². The molecule has 0 bridgehead atoms. The molecule has 1 heterocycles. The monoisotopic (exact) mass is 481 g/mol. The molecule has 0 spiro atoms. The number of halogens is 2. The van der Waals surface area contributed by atoms with Crippen LogP contribution in [0.2, 0.25) is 5.02 Å². The van der Waals surface area contributed by atoms with Crippen LogP contribution in [0.15, 0.2) is 66.2 Å². The molecule has 8 heteroatoms. The molecular formula is C26H21ClFNO5. The van der Waals surface area contributed by atoms with Crippen molar-refractivity contribution in [3.8, 4) is 11.5 Å². The summed E-state index contributed by atoms with van der Waals surface area (Å²) in [4.78, 5) is 27.8. The molecule has 0 saturated carbocycles. The van der Waals surface area contributed by atoms with Gasteiger partial charge in [0, 0.05) is 11.8 Å². The minimum absolute atomic E-state index is 0.133. The topological polar surface area (TPSA) is 76.1 Å². The van der Waals surface area contributed by atoms with Crippen molar-refractivity contribution in [2.75, 3.05) is 19.1 Å². The number of hydrogen-bond acceptors (Lipinski definition) is 5. The van der Waals surface area contributed by atoms with Crippen LogP contribution in [0.5, 0.6) is 11.5 Å². The van der Waals surface area contributed by atoms with Crippen molar-refractivity contribution in [1.82, 2.24) is 0 Å². The van der Waals surface area contributed by atoms with Crippen molar-refractivity contribution < 1.29 is 28.6 Å². The summed E-state index contributed by atoms with van der Waals surface area (Å²) < 4.78 is 24.2. The molecule has 174 valence electrons. The first-order valence-corrected chi connectivity index (χ1v) is 10.7. The van der Waals surface area contributed by atoms with Crippen molar-refractivity contribution in [1.29, 1.82) is 0 Å². The molecular weight excluding hydrogens is 461 g/mol. The fourth-order valence-corrected chi connectivity index (χ4v) is 4.31. The van der Waals surface area contributed by atoms with Crippen LogP contribution in [0.4, 0.5) is 10.1 Å². The number of aliphatic hydroxyl groups is 1. The lowest BCUT2D eigenvalue weighted by Gasteiger charge is -2.26. The highest BCUT2D eigenvalue weighted by atomic mass is 35.5. The summed E-state index contributed by atoms with van der Waals surface area (Å²) in [7, 11) is 2.81. The van der Waals surface area contributed by atoms with Gasteiger partial charge in [0.05, 0.1) is 36.4 Å². The van der Waals surface area contributed by atoms with E-state index in [9.17, 15) is 19.1 Å². The molecule has 3 aromatic carbocycles. The number of amides is 1. The highest BCUT2D eigenvalue weighted by Crippen LogP contribution is 2.45. The van der Waals surface area contributed by atoms with Gasteiger partial charge < -0.3 is 14.6 Å². The number of methoxy groups -OCH3 is 2. The van der Waals surface area contributed by atoms with E-state index in [0.29, 0.717) is 11.3 Å². The minimum Gasteiger partial charge on any atom is -0.507 e. The molecule has 1 saturated heterocycles. The Morgan fingerprint density at radius 1 is 1.00 bits per heavy atom. The van der Waals surface area contributed by atoms with Gasteiger partial charge in [-0.05, 0) is 48.4 Å². The number of hydrogen-bond donors (Lipinski definition) is 1. The maximum Gasteiger partial charge on any atom is 0.300 e.